The maximum atomic E-state index is 6.07. The van der Waals surface area contributed by atoms with Crippen LogP contribution in [0.5, 0.6) is 0 Å². The minimum Gasteiger partial charge on any atom is -0.384 e. The number of hydrogen-bond acceptors (Lipinski definition) is 3. The van der Waals surface area contributed by atoms with Crippen LogP contribution < -0.4 is 0 Å². The highest BCUT2D eigenvalue weighted by Gasteiger charge is 2.72. The van der Waals surface area contributed by atoms with Crippen LogP contribution in [0.2, 0.25) is 0 Å². The summed E-state index contributed by atoms with van der Waals surface area (Å²) in [5.41, 5.74) is 4.78. The van der Waals surface area contributed by atoms with Crippen molar-refractivity contribution >= 4 is 0 Å². The third-order valence-corrected chi connectivity index (χ3v) is 28.3. The molecule has 0 aromatic heterocycles. The summed E-state index contributed by atoms with van der Waals surface area (Å²) in [6.07, 6.45) is 29.6. The van der Waals surface area contributed by atoms with Gasteiger partial charge in [0.1, 0.15) is 0 Å². The molecule has 10 aliphatic carbocycles. The molecule has 0 aromatic rings. The summed E-state index contributed by atoms with van der Waals surface area (Å²) in [5, 5.41) is 0. The molecule has 0 N–H and O–H groups in total. The Morgan fingerprint density at radius 2 is 0.803 bits per heavy atom. The summed E-state index contributed by atoms with van der Waals surface area (Å²) in [5.74, 6) is 10.5. The van der Waals surface area contributed by atoms with Crippen LogP contribution >= 0.6 is 0 Å². The normalized spacial score (nSPS) is 55.9. The van der Waals surface area contributed by atoms with Crippen molar-refractivity contribution in [1.29, 1.82) is 0 Å². The third-order valence-electron chi connectivity index (χ3n) is 28.3. The van der Waals surface area contributed by atoms with Gasteiger partial charge in [0.25, 0.3) is 0 Å². The van der Waals surface area contributed by atoms with Gasteiger partial charge in [-0.15, -0.1) is 0 Å². The smallest absolute Gasteiger partial charge is 0.0625 e. The second-order valence-electron chi connectivity index (χ2n) is 30.9. The van der Waals surface area contributed by atoms with Crippen LogP contribution in [0, 0.1) is 125 Å². The summed E-state index contributed by atoms with van der Waals surface area (Å²) < 4.78 is 17.8. The maximum absolute atomic E-state index is 6.07. The van der Waals surface area contributed by atoms with Gasteiger partial charge >= 0.3 is 0 Å². The topological polar surface area (TPSA) is 27.7 Å². The minimum atomic E-state index is 0.290. The van der Waals surface area contributed by atoms with Crippen molar-refractivity contribution in [2.24, 2.45) is 125 Å². The standard InChI is InChI=1S/C32H56O2.C31H54O/c1-21(20-33-8)22-12-15-29(4)18-19-31(6)23(27(22)29)10-11-25-30(5)16-14-26(34-9)28(2,3)24(30)13-17-32(25,31)7;1-20(2)21-12-15-28(5)18-19-30(7)22(26(21)28)10-11-24-29(6)16-14-25(32-9)27(3,4)23(29)13-17-31(24,30)8/h21-27H,10-20H2,1-9H3;20-26H,10-19H2,1-9H3/t21?,22-,23?,24?,25?,26?,27?,29+,30-,31+,32+;21-,22?,23?,24?,25?,26?,28+,29-,30+,31+/m00/s1. The van der Waals surface area contributed by atoms with Gasteiger partial charge in [0.15, 0.2) is 0 Å². The monoisotopic (exact) mass is 915 g/mol. The maximum Gasteiger partial charge on any atom is 0.0625 e. The van der Waals surface area contributed by atoms with Gasteiger partial charge in [-0.05, 0) is 254 Å². The lowest BCUT2D eigenvalue weighted by Gasteiger charge is -2.73. The van der Waals surface area contributed by atoms with Gasteiger partial charge in [-0.1, -0.05) is 104 Å². The van der Waals surface area contributed by atoms with Crippen LogP contribution in [0.3, 0.4) is 0 Å². The Bertz CT molecular complexity index is 1770. The molecule has 0 spiro atoms. The first-order valence-electron chi connectivity index (χ1n) is 29.3. The molecule has 0 amide bonds. The Labute approximate surface area is 410 Å². The van der Waals surface area contributed by atoms with Crippen molar-refractivity contribution in [3.8, 4) is 0 Å². The zero-order chi connectivity index (χ0) is 48.1. The molecular formula is C63H110O3. The van der Waals surface area contributed by atoms with Crippen LogP contribution in [0.15, 0.2) is 0 Å². The van der Waals surface area contributed by atoms with Crippen molar-refractivity contribution < 1.29 is 14.2 Å². The van der Waals surface area contributed by atoms with E-state index in [-0.39, 0.29) is 5.41 Å². The zero-order valence-corrected chi connectivity index (χ0v) is 47.2. The van der Waals surface area contributed by atoms with E-state index in [2.05, 4.69) is 104 Å². The molecule has 380 valence electrons. The van der Waals surface area contributed by atoms with E-state index in [0.717, 1.165) is 71.7 Å². The van der Waals surface area contributed by atoms with Gasteiger partial charge in [0.05, 0.1) is 12.2 Å². The number of ether oxygens (including phenoxy) is 3. The Kier molecular flexibility index (Phi) is 12.9. The van der Waals surface area contributed by atoms with E-state index < -0.39 is 0 Å². The third kappa shape index (κ3) is 6.79. The highest BCUT2D eigenvalue weighted by Crippen LogP contribution is 2.80. The Morgan fingerprint density at radius 3 is 1.20 bits per heavy atom. The lowest BCUT2D eigenvalue weighted by atomic mass is 9.32. The SMILES string of the molecule is COC1CC[C@@]2(C)C(CC[C@]3(C)C2CCC2C4[C@H](C(C)C)CC[C@]4(C)CC[C@]23C)C1(C)C.COCC(C)[C@@H]1CC[C@]2(C)CC[C@]3(C)C(CCC4[C@@]5(C)CCC(OC)C(C)(C)C5CC[C@]43C)C12. The second-order valence-corrected chi connectivity index (χ2v) is 30.9. The van der Waals surface area contributed by atoms with Gasteiger partial charge in [-0.2, -0.15) is 0 Å². The predicted octanol–water partition coefficient (Wildman–Crippen LogP) is 17.1. The van der Waals surface area contributed by atoms with Crippen LogP contribution in [0.25, 0.3) is 0 Å². The number of hydrogen-bond donors (Lipinski definition) is 0. The first kappa shape index (κ1) is 50.8. The molecule has 0 aromatic carbocycles. The van der Waals surface area contributed by atoms with Crippen molar-refractivity contribution in [2.75, 3.05) is 27.9 Å². The number of fused-ring (bicyclic) bond motifs is 14. The molecule has 10 aliphatic rings. The van der Waals surface area contributed by atoms with E-state index in [0.29, 0.717) is 66.9 Å². The molecule has 3 heteroatoms. The van der Waals surface area contributed by atoms with Crippen molar-refractivity contribution in [3.63, 3.8) is 0 Å². The van der Waals surface area contributed by atoms with Gasteiger partial charge in [0.2, 0.25) is 0 Å². The van der Waals surface area contributed by atoms with Crippen LogP contribution in [0.1, 0.15) is 232 Å². The van der Waals surface area contributed by atoms with Crippen molar-refractivity contribution in [1.82, 2.24) is 0 Å². The quantitative estimate of drug-likeness (QED) is 0.266. The van der Waals surface area contributed by atoms with Crippen LogP contribution in [0.4, 0.5) is 0 Å². The average molecular weight is 916 g/mol. The Morgan fingerprint density at radius 1 is 0.394 bits per heavy atom. The van der Waals surface area contributed by atoms with Gasteiger partial charge in [0, 0.05) is 27.9 Å². The number of methoxy groups -OCH3 is 3. The lowest BCUT2D eigenvalue weighted by Crippen LogP contribution is -2.66. The van der Waals surface area contributed by atoms with Gasteiger partial charge in [-0.25, -0.2) is 0 Å². The van der Waals surface area contributed by atoms with Crippen molar-refractivity contribution in [3.05, 3.63) is 0 Å². The van der Waals surface area contributed by atoms with E-state index >= 15 is 0 Å². The molecule has 10 saturated carbocycles. The first-order chi connectivity index (χ1) is 30.7. The fourth-order valence-electron chi connectivity index (χ4n) is 24.6. The molecule has 10 rings (SSSR count). The fourth-order valence-corrected chi connectivity index (χ4v) is 24.6. The highest BCUT2D eigenvalue weighted by atomic mass is 16.5. The molecule has 0 saturated heterocycles. The number of rotatable bonds is 6. The molecule has 0 radical (unpaired) electrons. The summed E-state index contributed by atoms with van der Waals surface area (Å²) in [7, 11) is 5.82. The lowest BCUT2D eigenvalue weighted by molar-refractivity contribution is -0.250. The second kappa shape index (κ2) is 16.7. The van der Waals surface area contributed by atoms with Gasteiger partial charge < -0.3 is 14.2 Å². The highest BCUT2D eigenvalue weighted by molar-refractivity contribution is 5.21. The molecule has 0 bridgehead atoms. The molecule has 21 atom stereocenters. The molecule has 66 heavy (non-hydrogen) atoms. The van der Waals surface area contributed by atoms with Crippen LogP contribution in [-0.2, 0) is 14.2 Å². The molecule has 10 fully saturated rings. The van der Waals surface area contributed by atoms with E-state index in [4.69, 9.17) is 14.2 Å². The Hall–Kier alpha value is -0.120. The zero-order valence-electron chi connectivity index (χ0n) is 47.2. The molecule has 0 heterocycles. The van der Waals surface area contributed by atoms with Crippen LogP contribution in [-0.4, -0.2) is 40.1 Å². The molecular weight excluding hydrogens is 805 g/mol. The summed E-state index contributed by atoms with van der Waals surface area (Å²) in [6.45, 7) is 40.6. The summed E-state index contributed by atoms with van der Waals surface area (Å²) >= 11 is 0. The van der Waals surface area contributed by atoms with E-state index in [1.165, 1.54) is 128 Å². The minimum absolute atomic E-state index is 0.290. The van der Waals surface area contributed by atoms with E-state index in [9.17, 15) is 0 Å². The molecule has 0 aliphatic heterocycles. The summed E-state index contributed by atoms with van der Waals surface area (Å²) in [4.78, 5) is 0. The average Bonchev–Trinajstić information content (AvgIpc) is 3.79. The van der Waals surface area contributed by atoms with Crippen molar-refractivity contribution in [2.45, 2.75) is 244 Å². The van der Waals surface area contributed by atoms with Gasteiger partial charge in [-0.3, -0.25) is 0 Å². The molecule has 3 nitrogen and oxygen atoms in total. The Balaban J connectivity index is 0.000000166. The molecule has 11 unspecified atom stereocenters. The van der Waals surface area contributed by atoms with E-state index in [1.807, 2.05) is 21.3 Å². The fraction of sp³-hybridized carbons (Fsp3) is 1.00. The summed E-state index contributed by atoms with van der Waals surface area (Å²) in [6, 6.07) is 0. The first-order valence-corrected chi connectivity index (χ1v) is 29.3. The predicted molar refractivity (Wildman–Crippen MR) is 277 cm³/mol. The largest absolute Gasteiger partial charge is 0.384 e. The van der Waals surface area contributed by atoms with E-state index in [1.54, 1.807) is 0 Å².